The lowest BCUT2D eigenvalue weighted by Gasteiger charge is -2.10. The van der Waals surface area contributed by atoms with Crippen LogP contribution in [0.5, 0.6) is 0 Å². The second kappa shape index (κ2) is 5.92. The Bertz CT molecular complexity index is 721. The molecule has 1 heterocycles. The zero-order valence-electron chi connectivity index (χ0n) is 10.3. The van der Waals surface area contributed by atoms with Crippen molar-refractivity contribution < 1.29 is 0 Å². The van der Waals surface area contributed by atoms with Crippen LogP contribution in [0.4, 0.5) is 0 Å². The van der Waals surface area contributed by atoms with Crippen LogP contribution in [0.1, 0.15) is 12.5 Å². The number of aromatic nitrogens is 2. The zero-order chi connectivity index (χ0) is 14.0. The van der Waals surface area contributed by atoms with Gasteiger partial charge in [0.25, 0.3) is 5.56 Å². The van der Waals surface area contributed by atoms with Crippen LogP contribution in [0, 0.1) is 3.57 Å². The minimum absolute atomic E-state index is 0.189. The van der Waals surface area contributed by atoms with Gasteiger partial charge in [0, 0.05) is 17.8 Å². The first-order valence-electron chi connectivity index (χ1n) is 5.77. The van der Waals surface area contributed by atoms with Crippen LogP contribution in [-0.4, -0.2) is 9.13 Å². The molecule has 0 aliphatic rings. The van der Waals surface area contributed by atoms with E-state index in [4.69, 9.17) is 11.6 Å². The number of aryl methyl sites for hydroxylation is 1. The van der Waals surface area contributed by atoms with Crippen molar-refractivity contribution in [3.8, 4) is 0 Å². The number of halogens is 2. The summed E-state index contributed by atoms with van der Waals surface area (Å²) in [4.78, 5) is 24.2. The Morgan fingerprint density at radius 3 is 2.58 bits per heavy atom. The van der Waals surface area contributed by atoms with Crippen molar-refractivity contribution in [1.29, 1.82) is 0 Å². The summed E-state index contributed by atoms with van der Waals surface area (Å²) >= 11 is 8.01. The molecule has 0 saturated carbocycles. The van der Waals surface area contributed by atoms with E-state index < -0.39 is 0 Å². The van der Waals surface area contributed by atoms with Crippen molar-refractivity contribution >= 4 is 34.2 Å². The Labute approximate surface area is 128 Å². The Hall–Kier alpha value is -1.08. The first-order chi connectivity index (χ1) is 9.04. The summed E-state index contributed by atoms with van der Waals surface area (Å²) in [6.45, 7) is 2.58. The molecule has 1 aromatic heterocycles. The highest BCUT2D eigenvalue weighted by atomic mass is 127. The lowest BCUT2D eigenvalue weighted by atomic mass is 10.2. The molecule has 19 heavy (non-hydrogen) atoms. The van der Waals surface area contributed by atoms with Gasteiger partial charge in [0.2, 0.25) is 0 Å². The molecule has 0 radical (unpaired) electrons. The molecule has 0 N–H and O–H groups in total. The summed E-state index contributed by atoms with van der Waals surface area (Å²) in [5.41, 5.74) is 0.163. The normalized spacial score (nSPS) is 10.7. The van der Waals surface area contributed by atoms with Crippen LogP contribution in [0.2, 0.25) is 5.02 Å². The molecule has 0 aliphatic carbocycles. The second-order valence-corrected chi connectivity index (χ2v) is 5.60. The highest BCUT2D eigenvalue weighted by Crippen LogP contribution is 2.15. The van der Waals surface area contributed by atoms with E-state index in [1.165, 1.54) is 9.13 Å². The van der Waals surface area contributed by atoms with Gasteiger partial charge in [-0.3, -0.25) is 13.9 Å². The van der Waals surface area contributed by atoms with Crippen molar-refractivity contribution in [2.45, 2.75) is 20.0 Å². The van der Waals surface area contributed by atoms with Crippen molar-refractivity contribution in [2.75, 3.05) is 0 Å². The first kappa shape index (κ1) is 14.3. The van der Waals surface area contributed by atoms with Crippen molar-refractivity contribution in [1.82, 2.24) is 9.13 Å². The van der Waals surface area contributed by atoms with E-state index in [9.17, 15) is 9.59 Å². The SMILES string of the molecule is CCn1cc(I)c(=O)n(Cc2ccccc2Cl)c1=O. The molecule has 0 aliphatic heterocycles. The van der Waals surface area contributed by atoms with Crippen LogP contribution in [0.3, 0.4) is 0 Å². The molecule has 0 amide bonds. The van der Waals surface area contributed by atoms with Crippen LogP contribution in [0.25, 0.3) is 0 Å². The third-order valence-electron chi connectivity index (χ3n) is 2.82. The summed E-state index contributed by atoms with van der Waals surface area (Å²) in [6.07, 6.45) is 1.58. The monoisotopic (exact) mass is 390 g/mol. The van der Waals surface area contributed by atoms with Gasteiger partial charge in [-0.25, -0.2) is 4.79 Å². The smallest absolute Gasteiger partial charge is 0.300 e. The van der Waals surface area contributed by atoms with Crippen LogP contribution in [-0.2, 0) is 13.1 Å². The van der Waals surface area contributed by atoms with E-state index >= 15 is 0 Å². The maximum absolute atomic E-state index is 12.2. The first-order valence-corrected chi connectivity index (χ1v) is 7.23. The Morgan fingerprint density at radius 2 is 1.95 bits per heavy atom. The quantitative estimate of drug-likeness (QED) is 0.755. The fourth-order valence-electron chi connectivity index (χ4n) is 1.78. The largest absolute Gasteiger partial charge is 0.331 e. The summed E-state index contributed by atoms with van der Waals surface area (Å²) in [5.74, 6) is 0. The lowest BCUT2D eigenvalue weighted by Crippen LogP contribution is -2.40. The molecule has 1 aromatic carbocycles. The van der Waals surface area contributed by atoms with Crippen molar-refractivity contribution in [3.63, 3.8) is 0 Å². The zero-order valence-corrected chi connectivity index (χ0v) is 13.2. The lowest BCUT2D eigenvalue weighted by molar-refractivity contribution is 0.595. The maximum atomic E-state index is 12.2. The minimum atomic E-state index is -0.312. The van der Waals surface area contributed by atoms with E-state index in [2.05, 4.69) is 0 Å². The van der Waals surface area contributed by atoms with Crippen LogP contribution in [0.15, 0.2) is 40.1 Å². The molecule has 0 unspecified atom stereocenters. The number of hydrogen-bond donors (Lipinski definition) is 0. The van der Waals surface area contributed by atoms with Gasteiger partial charge in [0.15, 0.2) is 0 Å². The number of nitrogens with zero attached hydrogens (tertiary/aromatic N) is 2. The number of benzene rings is 1. The summed E-state index contributed by atoms with van der Waals surface area (Å²) in [7, 11) is 0. The third kappa shape index (κ3) is 2.92. The molecule has 0 atom stereocenters. The standard InChI is InChI=1S/C13H12ClIN2O2/c1-2-16-8-11(15)12(18)17(13(16)19)7-9-5-3-4-6-10(9)14/h3-6,8H,2,7H2,1H3. The predicted octanol–water partition coefficient (Wildman–Crippen LogP) is 2.34. The predicted molar refractivity (Wildman–Crippen MR) is 83.9 cm³/mol. The van der Waals surface area contributed by atoms with Crippen LogP contribution < -0.4 is 11.2 Å². The molecule has 2 aromatic rings. The Morgan fingerprint density at radius 1 is 1.26 bits per heavy atom. The van der Waals surface area contributed by atoms with Gasteiger partial charge in [-0.05, 0) is 41.1 Å². The summed E-state index contributed by atoms with van der Waals surface area (Å²) in [5, 5.41) is 0.552. The second-order valence-electron chi connectivity index (χ2n) is 4.03. The van der Waals surface area contributed by atoms with E-state index in [-0.39, 0.29) is 17.8 Å². The molecular weight excluding hydrogens is 379 g/mol. The molecular formula is C13H12ClIN2O2. The average Bonchev–Trinajstić information content (AvgIpc) is 2.41. The average molecular weight is 391 g/mol. The van der Waals surface area contributed by atoms with Crippen LogP contribution >= 0.6 is 34.2 Å². The van der Waals surface area contributed by atoms with Gasteiger partial charge >= 0.3 is 5.69 Å². The molecule has 0 saturated heterocycles. The highest BCUT2D eigenvalue weighted by Gasteiger charge is 2.10. The summed E-state index contributed by atoms with van der Waals surface area (Å²) in [6, 6.07) is 7.20. The Balaban J connectivity index is 2.58. The van der Waals surface area contributed by atoms with E-state index in [0.29, 0.717) is 15.1 Å². The fraction of sp³-hybridized carbons (Fsp3) is 0.231. The van der Waals surface area contributed by atoms with E-state index in [1.54, 1.807) is 12.3 Å². The highest BCUT2D eigenvalue weighted by molar-refractivity contribution is 14.1. The molecule has 4 nitrogen and oxygen atoms in total. The van der Waals surface area contributed by atoms with Crippen molar-refractivity contribution in [2.24, 2.45) is 0 Å². The van der Waals surface area contributed by atoms with Gasteiger partial charge in [-0.1, -0.05) is 29.8 Å². The third-order valence-corrected chi connectivity index (χ3v) is 3.93. The van der Waals surface area contributed by atoms with Gasteiger partial charge in [0.05, 0.1) is 10.1 Å². The van der Waals surface area contributed by atoms with Gasteiger partial charge < -0.3 is 0 Å². The van der Waals surface area contributed by atoms with Gasteiger partial charge in [-0.2, -0.15) is 0 Å². The van der Waals surface area contributed by atoms with Gasteiger partial charge in [-0.15, -0.1) is 0 Å². The summed E-state index contributed by atoms with van der Waals surface area (Å²) < 4.78 is 3.25. The maximum Gasteiger partial charge on any atom is 0.331 e. The Kier molecular flexibility index (Phi) is 4.46. The molecule has 100 valence electrons. The minimum Gasteiger partial charge on any atom is -0.300 e. The molecule has 0 bridgehead atoms. The topological polar surface area (TPSA) is 44.0 Å². The van der Waals surface area contributed by atoms with Gasteiger partial charge in [0.1, 0.15) is 0 Å². The molecule has 6 heteroatoms. The molecule has 0 spiro atoms. The van der Waals surface area contributed by atoms with Crippen molar-refractivity contribution in [3.05, 3.63) is 65.5 Å². The van der Waals surface area contributed by atoms with E-state index in [0.717, 1.165) is 5.56 Å². The molecule has 2 rings (SSSR count). The number of rotatable bonds is 3. The van der Waals surface area contributed by atoms with E-state index in [1.807, 2.05) is 47.7 Å². The number of hydrogen-bond acceptors (Lipinski definition) is 2. The molecule has 0 fully saturated rings. The fourth-order valence-corrected chi connectivity index (χ4v) is 2.60.